The summed E-state index contributed by atoms with van der Waals surface area (Å²) in [6, 6.07) is 7.64. The number of carboxylic acid groups (broad SMARTS) is 1. The number of rotatable bonds is 5. The Morgan fingerprint density at radius 3 is 2.79 bits per heavy atom. The number of benzene rings is 1. The molecule has 0 saturated carbocycles. The molecule has 1 N–H and O–H groups in total. The van der Waals surface area contributed by atoms with E-state index in [0.29, 0.717) is 0 Å². The van der Waals surface area contributed by atoms with Crippen LogP contribution in [0.15, 0.2) is 35.4 Å². The van der Waals surface area contributed by atoms with Crippen LogP contribution in [0.5, 0.6) is 0 Å². The fraction of sp³-hybridized carbons (Fsp3) is 0.286. The monoisotopic (exact) mass is 276 g/mol. The molecule has 0 fully saturated rings. The van der Waals surface area contributed by atoms with E-state index >= 15 is 0 Å². The van der Waals surface area contributed by atoms with E-state index in [2.05, 4.69) is 9.88 Å². The van der Waals surface area contributed by atoms with Crippen molar-refractivity contribution in [3.05, 3.63) is 36.0 Å². The topological polar surface area (TPSA) is 53.4 Å². The number of fused-ring (bicyclic) bond motifs is 1. The Morgan fingerprint density at radius 1 is 1.37 bits per heavy atom. The van der Waals surface area contributed by atoms with E-state index < -0.39 is 5.97 Å². The van der Waals surface area contributed by atoms with Gasteiger partial charge in [0, 0.05) is 28.8 Å². The molecule has 5 heteroatoms. The number of hydrogen-bond acceptors (Lipinski definition) is 4. The van der Waals surface area contributed by atoms with Crippen LogP contribution in [0.1, 0.15) is 10.4 Å². The first-order valence-corrected chi connectivity index (χ1v) is 6.96. The van der Waals surface area contributed by atoms with Crippen molar-refractivity contribution in [3.8, 4) is 0 Å². The van der Waals surface area contributed by atoms with E-state index in [4.69, 9.17) is 0 Å². The number of pyridine rings is 1. The average molecular weight is 276 g/mol. The Kier molecular flexibility index (Phi) is 4.39. The number of aromatic carboxylic acids is 1. The molecule has 19 heavy (non-hydrogen) atoms. The van der Waals surface area contributed by atoms with E-state index in [1.807, 2.05) is 38.4 Å². The van der Waals surface area contributed by atoms with Gasteiger partial charge < -0.3 is 10.0 Å². The second-order valence-electron chi connectivity index (χ2n) is 4.48. The summed E-state index contributed by atoms with van der Waals surface area (Å²) in [5, 5.41) is 10.2. The van der Waals surface area contributed by atoms with Gasteiger partial charge in [0.15, 0.2) is 0 Å². The Hall–Kier alpha value is -1.59. The molecule has 0 unspecified atom stereocenters. The van der Waals surface area contributed by atoms with E-state index in [1.54, 1.807) is 11.8 Å². The molecule has 4 nitrogen and oxygen atoms in total. The average Bonchev–Trinajstić information content (AvgIpc) is 2.38. The van der Waals surface area contributed by atoms with E-state index in [0.717, 1.165) is 28.1 Å². The summed E-state index contributed by atoms with van der Waals surface area (Å²) in [5.41, 5.74) is 1.11. The Bertz CT molecular complexity index is 599. The summed E-state index contributed by atoms with van der Waals surface area (Å²) >= 11 is 1.57. The maximum atomic E-state index is 11.3. The number of aromatic nitrogens is 1. The van der Waals surface area contributed by atoms with Gasteiger partial charge in [-0.25, -0.2) is 4.79 Å². The Balaban J connectivity index is 2.41. The molecule has 0 amide bonds. The minimum Gasteiger partial charge on any atom is -0.478 e. The molecule has 0 radical (unpaired) electrons. The highest BCUT2D eigenvalue weighted by molar-refractivity contribution is 7.99. The van der Waals surface area contributed by atoms with Gasteiger partial charge in [-0.15, -0.1) is 11.8 Å². The summed E-state index contributed by atoms with van der Waals surface area (Å²) in [5.74, 6) is -0.0769. The van der Waals surface area contributed by atoms with Gasteiger partial charge in [-0.2, -0.15) is 0 Å². The minimum atomic E-state index is -0.925. The van der Waals surface area contributed by atoms with Crippen LogP contribution in [0.3, 0.4) is 0 Å². The van der Waals surface area contributed by atoms with Crippen LogP contribution >= 0.6 is 11.8 Å². The second-order valence-corrected chi connectivity index (χ2v) is 5.58. The third-order valence-corrected chi connectivity index (χ3v) is 3.86. The fourth-order valence-electron chi connectivity index (χ4n) is 1.75. The number of carboxylic acids is 1. The molecule has 0 bridgehead atoms. The number of nitrogens with zero attached hydrogens (tertiary/aromatic N) is 2. The molecule has 0 spiro atoms. The van der Waals surface area contributed by atoms with Crippen molar-refractivity contribution in [2.75, 3.05) is 26.4 Å². The molecule has 0 atom stereocenters. The normalized spacial score (nSPS) is 11.1. The van der Waals surface area contributed by atoms with Gasteiger partial charge in [0.05, 0.1) is 11.1 Å². The van der Waals surface area contributed by atoms with E-state index in [-0.39, 0.29) is 5.56 Å². The first kappa shape index (κ1) is 13.8. The van der Waals surface area contributed by atoms with Crippen molar-refractivity contribution in [1.82, 2.24) is 9.88 Å². The predicted octanol–water partition coefficient (Wildman–Crippen LogP) is 2.59. The van der Waals surface area contributed by atoms with Gasteiger partial charge >= 0.3 is 5.97 Å². The molecule has 0 aliphatic rings. The lowest BCUT2D eigenvalue weighted by molar-refractivity contribution is 0.0693. The summed E-state index contributed by atoms with van der Waals surface area (Å²) in [4.78, 5) is 18.4. The van der Waals surface area contributed by atoms with Crippen molar-refractivity contribution in [2.45, 2.75) is 4.90 Å². The largest absolute Gasteiger partial charge is 0.478 e. The summed E-state index contributed by atoms with van der Waals surface area (Å²) < 4.78 is 0. The van der Waals surface area contributed by atoms with Gasteiger partial charge in [-0.1, -0.05) is 18.2 Å². The molecule has 0 saturated heterocycles. The molecule has 1 aromatic heterocycles. The smallest absolute Gasteiger partial charge is 0.338 e. The fourth-order valence-corrected chi connectivity index (χ4v) is 3.04. The minimum absolute atomic E-state index is 0.280. The van der Waals surface area contributed by atoms with E-state index in [9.17, 15) is 9.90 Å². The molecule has 2 rings (SSSR count). The van der Waals surface area contributed by atoms with Gasteiger partial charge in [-0.05, 0) is 20.2 Å². The Morgan fingerprint density at radius 2 is 2.11 bits per heavy atom. The van der Waals surface area contributed by atoms with Crippen molar-refractivity contribution in [1.29, 1.82) is 0 Å². The highest BCUT2D eigenvalue weighted by Crippen LogP contribution is 2.30. The number of hydrogen-bond donors (Lipinski definition) is 1. The molecular formula is C14H16N2O2S. The molecule has 1 heterocycles. The lowest BCUT2D eigenvalue weighted by Crippen LogP contribution is -2.15. The number of para-hydroxylation sites is 1. The van der Waals surface area contributed by atoms with Gasteiger partial charge in [0.1, 0.15) is 0 Å². The molecule has 2 aromatic rings. The standard InChI is InChI=1S/C14H16N2O2S/c1-16(2)7-8-19-13-10-5-3-4-6-12(10)15-9-11(13)14(17)18/h3-6,9H,7-8H2,1-2H3,(H,17,18). The van der Waals surface area contributed by atoms with Crippen molar-refractivity contribution >= 4 is 28.6 Å². The SMILES string of the molecule is CN(C)CCSc1c(C(=O)O)cnc2ccccc12. The van der Waals surface area contributed by atoms with Crippen LogP contribution in [0.4, 0.5) is 0 Å². The zero-order valence-corrected chi connectivity index (χ0v) is 11.8. The number of thioether (sulfide) groups is 1. The molecule has 100 valence electrons. The first-order valence-electron chi connectivity index (χ1n) is 5.98. The zero-order chi connectivity index (χ0) is 13.8. The number of carbonyl (C=O) groups is 1. The second kappa shape index (κ2) is 6.04. The van der Waals surface area contributed by atoms with Crippen molar-refractivity contribution < 1.29 is 9.90 Å². The zero-order valence-electron chi connectivity index (χ0n) is 11.0. The summed E-state index contributed by atoms with van der Waals surface area (Å²) in [6.45, 7) is 0.903. The quantitative estimate of drug-likeness (QED) is 0.851. The molecule has 1 aromatic carbocycles. The van der Waals surface area contributed by atoms with Gasteiger partial charge in [0.25, 0.3) is 0 Å². The summed E-state index contributed by atoms with van der Waals surface area (Å²) in [7, 11) is 4.01. The van der Waals surface area contributed by atoms with Gasteiger partial charge in [-0.3, -0.25) is 4.98 Å². The van der Waals surface area contributed by atoms with Crippen LogP contribution in [0.2, 0.25) is 0 Å². The third kappa shape index (κ3) is 3.24. The maximum absolute atomic E-state index is 11.3. The molecule has 0 aliphatic heterocycles. The van der Waals surface area contributed by atoms with Crippen LogP contribution < -0.4 is 0 Å². The van der Waals surface area contributed by atoms with Crippen LogP contribution in [-0.4, -0.2) is 47.4 Å². The van der Waals surface area contributed by atoms with Crippen molar-refractivity contribution in [2.24, 2.45) is 0 Å². The van der Waals surface area contributed by atoms with Crippen LogP contribution in [0.25, 0.3) is 10.9 Å². The van der Waals surface area contributed by atoms with Crippen LogP contribution in [-0.2, 0) is 0 Å². The van der Waals surface area contributed by atoms with E-state index in [1.165, 1.54) is 6.20 Å². The predicted molar refractivity (Wildman–Crippen MR) is 78.0 cm³/mol. The van der Waals surface area contributed by atoms with Gasteiger partial charge in [0.2, 0.25) is 0 Å². The highest BCUT2D eigenvalue weighted by Gasteiger charge is 2.14. The molecular weight excluding hydrogens is 260 g/mol. The lowest BCUT2D eigenvalue weighted by Gasteiger charge is -2.12. The maximum Gasteiger partial charge on any atom is 0.338 e. The van der Waals surface area contributed by atoms with Crippen molar-refractivity contribution in [3.63, 3.8) is 0 Å². The first-order chi connectivity index (χ1) is 9.09. The van der Waals surface area contributed by atoms with Crippen LogP contribution in [0, 0.1) is 0 Å². The lowest BCUT2D eigenvalue weighted by atomic mass is 10.1. The molecule has 0 aliphatic carbocycles. The third-order valence-electron chi connectivity index (χ3n) is 2.74. The Labute approximate surface area is 116 Å². The summed E-state index contributed by atoms with van der Waals surface area (Å²) in [6.07, 6.45) is 1.45. The highest BCUT2D eigenvalue weighted by atomic mass is 32.2.